The van der Waals surface area contributed by atoms with Crippen molar-refractivity contribution < 1.29 is 13.5 Å². The van der Waals surface area contributed by atoms with Crippen LogP contribution in [0.15, 0.2) is 24.4 Å². The largest absolute Gasteiger partial charge is 0.495 e. The molecular weight excluding hydrogens is 366 g/mol. The third kappa shape index (κ3) is 2.95. The number of aromatic nitrogens is 4. The highest BCUT2D eigenvalue weighted by molar-refractivity contribution is 5.62. The van der Waals surface area contributed by atoms with Crippen LogP contribution in [0.3, 0.4) is 0 Å². The summed E-state index contributed by atoms with van der Waals surface area (Å²) in [5, 5.41) is 10.5. The first-order valence-corrected chi connectivity index (χ1v) is 9.35. The van der Waals surface area contributed by atoms with Crippen LogP contribution in [0.4, 0.5) is 14.6 Å². The standard InChI is InChI=1S/C19H20F2N6O/c1-28-16-6-17-23-9-15(27(17)26-18(16)10-2-3-10)13-5-4-11(20)19(24-13)25-14-8-22-7-12(14)21/h4-6,9-10,12,14,22H,2-3,7-8H2,1H3,(H,24,25)/t12-,14-/m0/s1. The average Bonchev–Trinajstić information content (AvgIpc) is 3.35. The van der Waals surface area contributed by atoms with Crippen molar-refractivity contribution in [2.45, 2.75) is 31.0 Å². The molecule has 5 rings (SSSR count). The van der Waals surface area contributed by atoms with Crippen LogP contribution in [0.2, 0.25) is 0 Å². The Labute approximate surface area is 160 Å². The Kier molecular flexibility index (Phi) is 4.12. The third-order valence-electron chi connectivity index (χ3n) is 5.24. The monoisotopic (exact) mass is 386 g/mol. The predicted octanol–water partition coefficient (Wildman–Crippen LogP) is 2.54. The lowest BCUT2D eigenvalue weighted by molar-refractivity contribution is 0.342. The Hall–Kier alpha value is -2.81. The summed E-state index contributed by atoms with van der Waals surface area (Å²) in [6.45, 7) is 0.677. The summed E-state index contributed by atoms with van der Waals surface area (Å²) < 4.78 is 35.3. The van der Waals surface area contributed by atoms with E-state index >= 15 is 0 Å². The lowest BCUT2D eigenvalue weighted by Crippen LogP contribution is -2.30. The van der Waals surface area contributed by atoms with E-state index < -0.39 is 18.0 Å². The fourth-order valence-electron chi connectivity index (χ4n) is 3.54. The summed E-state index contributed by atoms with van der Waals surface area (Å²) in [7, 11) is 1.62. The lowest BCUT2D eigenvalue weighted by atomic mass is 10.2. The van der Waals surface area contributed by atoms with Crippen molar-refractivity contribution >= 4 is 11.5 Å². The van der Waals surface area contributed by atoms with E-state index in [1.807, 2.05) is 6.07 Å². The normalized spacial score (nSPS) is 22.0. The smallest absolute Gasteiger partial charge is 0.165 e. The molecule has 0 unspecified atom stereocenters. The molecule has 3 aromatic rings. The van der Waals surface area contributed by atoms with E-state index in [4.69, 9.17) is 9.84 Å². The van der Waals surface area contributed by atoms with Gasteiger partial charge in [-0.05, 0) is 25.0 Å². The number of nitrogens with one attached hydrogen (secondary N) is 2. The molecule has 28 heavy (non-hydrogen) atoms. The number of pyridine rings is 1. The van der Waals surface area contributed by atoms with Crippen LogP contribution in [-0.4, -0.2) is 52.0 Å². The molecule has 9 heteroatoms. The fraction of sp³-hybridized carbons (Fsp3) is 0.421. The van der Waals surface area contributed by atoms with E-state index in [2.05, 4.69) is 20.6 Å². The first kappa shape index (κ1) is 17.3. The summed E-state index contributed by atoms with van der Waals surface area (Å²) in [6, 6.07) is 4.24. The van der Waals surface area contributed by atoms with E-state index in [9.17, 15) is 8.78 Å². The number of hydrogen-bond acceptors (Lipinski definition) is 6. The van der Waals surface area contributed by atoms with Crippen molar-refractivity contribution in [3.8, 4) is 17.1 Å². The van der Waals surface area contributed by atoms with Gasteiger partial charge in [0.2, 0.25) is 0 Å². The van der Waals surface area contributed by atoms with Gasteiger partial charge >= 0.3 is 0 Å². The summed E-state index contributed by atoms with van der Waals surface area (Å²) in [6.07, 6.45) is 2.73. The number of fused-ring (bicyclic) bond motifs is 1. The summed E-state index contributed by atoms with van der Waals surface area (Å²) in [4.78, 5) is 8.77. The number of ether oxygens (including phenoxy) is 1. The number of rotatable bonds is 5. The Balaban J connectivity index is 1.54. The molecule has 2 atom stereocenters. The first-order valence-electron chi connectivity index (χ1n) is 9.35. The molecule has 1 saturated carbocycles. The van der Waals surface area contributed by atoms with Gasteiger partial charge in [-0.1, -0.05) is 0 Å². The molecule has 0 radical (unpaired) electrons. The highest BCUT2D eigenvalue weighted by Crippen LogP contribution is 2.43. The van der Waals surface area contributed by atoms with Crippen LogP contribution in [0, 0.1) is 5.82 Å². The first-order chi connectivity index (χ1) is 13.6. The van der Waals surface area contributed by atoms with E-state index in [-0.39, 0.29) is 12.4 Å². The fourth-order valence-corrected chi connectivity index (χ4v) is 3.54. The molecule has 1 saturated heterocycles. The lowest BCUT2D eigenvalue weighted by Gasteiger charge is -2.16. The van der Waals surface area contributed by atoms with Crippen molar-refractivity contribution in [2.75, 3.05) is 25.5 Å². The highest BCUT2D eigenvalue weighted by atomic mass is 19.1. The van der Waals surface area contributed by atoms with Gasteiger partial charge in [-0.3, -0.25) is 0 Å². The summed E-state index contributed by atoms with van der Waals surface area (Å²) in [5.74, 6) is 0.623. The second-order valence-electron chi connectivity index (χ2n) is 7.24. The van der Waals surface area contributed by atoms with Crippen LogP contribution in [0.25, 0.3) is 17.0 Å². The van der Waals surface area contributed by atoms with Crippen molar-refractivity contribution in [1.29, 1.82) is 0 Å². The summed E-state index contributed by atoms with van der Waals surface area (Å²) in [5.41, 5.74) is 2.67. The number of alkyl halides is 1. The zero-order valence-corrected chi connectivity index (χ0v) is 15.3. The van der Waals surface area contributed by atoms with Gasteiger partial charge in [0.15, 0.2) is 17.3 Å². The SMILES string of the molecule is COc1cc2ncc(-c3ccc(F)c(N[C@H]4CNC[C@@H]4F)n3)n2nc1C1CC1. The maximum Gasteiger partial charge on any atom is 0.165 e. The number of imidazole rings is 1. The van der Waals surface area contributed by atoms with Gasteiger partial charge in [0.1, 0.15) is 23.3 Å². The Morgan fingerprint density at radius 3 is 2.86 bits per heavy atom. The molecule has 0 spiro atoms. The van der Waals surface area contributed by atoms with Gasteiger partial charge in [0, 0.05) is 25.1 Å². The average molecular weight is 386 g/mol. The van der Waals surface area contributed by atoms with Gasteiger partial charge in [-0.15, -0.1) is 0 Å². The van der Waals surface area contributed by atoms with Crippen molar-refractivity contribution in [2.24, 2.45) is 0 Å². The number of nitrogens with zero attached hydrogens (tertiary/aromatic N) is 4. The summed E-state index contributed by atoms with van der Waals surface area (Å²) >= 11 is 0. The maximum atomic E-state index is 14.3. The number of hydrogen-bond donors (Lipinski definition) is 2. The molecule has 1 aliphatic carbocycles. The van der Waals surface area contributed by atoms with Gasteiger partial charge in [-0.25, -0.2) is 23.3 Å². The van der Waals surface area contributed by atoms with E-state index in [0.29, 0.717) is 29.5 Å². The van der Waals surface area contributed by atoms with Crippen molar-refractivity contribution in [3.05, 3.63) is 35.9 Å². The van der Waals surface area contributed by atoms with Crippen LogP contribution in [-0.2, 0) is 0 Å². The highest BCUT2D eigenvalue weighted by Gasteiger charge is 2.30. The van der Waals surface area contributed by atoms with Gasteiger partial charge < -0.3 is 15.4 Å². The molecule has 0 bridgehead atoms. The van der Waals surface area contributed by atoms with Gasteiger partial charge in [-0.2, -0.15) is 5.10 Å². The zero-order chi connectivity index (χ0) is 19.3. The van der Waals surface area contributed by atoms with E-state index in [0.717, 1.165) is 24.3 Å². The van der Waals surface area contributed by atoms with Crippen LogP contribution < -0.4 is 15.4 Å². The molecule has 146 valence electrons. The minimum Gasteiger partial charge on any atom is -0.495 e. The van der Waals surface area contributed by atoms with Crippen LogP contribution >= 0.6 is 0 Å². The molecular formula is C19H20F2N6O. The Morgan fingerprint density at radius 2 is 2.14 bits per heavy atom. The van der Waals surface area contributed by atoms with Crippen molar-refractivity contribution in [3.63, 3.8) is 0 Å². The van der Waals surface area contributed by atoms with E-state index in [1.165, 1.54) is 6.07 Å². The minimum absolute atomic E-state index is 0.0275. The minimum atomic E-state index is -1.09. The zero-order valence-electron chi connectivity index (χ0n) is 15.3. The number of halogens is 2. The van der Waals surface area contributed by atoms with E-state index in [1.54, 1.807) is 23.9 Å². The quantitative estimate of drug-likeness (QED) is 0.702. The predicted molar refractivity (Wildman–Crippen MR) is 99.9 cm³/mol. The van der Waals surface area contributed by atoms with Crippen molar-refractivity contribution in [1.82, 2.24) is 24.9 Å². The molecule has 2 fully saturated rings. The number of methoxy groups -OCH3 is 1. The molecule has 0 aromatic carbocycles. The molecule has 2 N–H and O–H groups in total. The van der Waals surface area contributed by atoms with Gasteiger partial charge in [0.25, 0.3) is 0 Å². The molecule has 7 nitrogen and oxygen atoms in total. The van der Waals surface area contributed by atoms with Crippen LogP contribution in [0.1, 0.15) is 24.5 Å². The van der Waals surface area contributed by atoms with Crippen LogP contribution in [0.5, 0.6) is 5.75 Å². The Bertz CT molecular complexity index is 1030. The molecule has 0 amide bonds. The van der Waals surface area contributed by atoms with Gasteiger partial charge in [0.05, 0.1) is 25.0 Å². The molecule has 4 heterocycles. The second kappa shape index (κ2) is 6.66. The molecule has 2 aliphatic rings. The topological polar surface area (TPSA) is 76.4 Å². The molecule has 1 aliphatic heterocycles. The second-order valence-corrected chi connectivity index (χ2v) is 7.24. The number of anilines is 1. The molecule has 3 aromatic heterocycles. The maximum absolute atomic E-state index is 14.3. The Morgan fingerprint density at radius 1 is 1.29 bits per heavy atom. The third-order valence-corrected chi connectivity index (χ3v) is 5.24.